The average molecular weight is 531 g/mol. The van der Waals surface area contributed by atoms with Crippen LogP contribution in [-0.4, -0.2) is 61.6 Å². The molecule has 7 nitrogen and oxygen atoms in total. The molecule has 0 aliphatic carbocycles. The van der Waals surface area contributed by atoms with Crippen LogP contribution in [0.15, 0.2) is 29.3 Å². The van der Waals surface area contributed by atoms with Crippen LogP contribution in [0.25, 0.3) is 0 Å². The van der Waals surface area contributed by atoms with Gasteiger partial charge in [0.05, 0.1) is 13.1 Å². The molecule has 0 spiro atoms. The molecule has 1 fully saturated rings. The minimum Gasteiger partial charge on any atom is -0.488 e. The smallest absolute Gasteiger partial charge is 0.233 e. The van der Waals surface area contributed by atoms with Gasteiger partial charge in [0.25, 0.3) is 0 Å². The summed E-state index contributed by atoms with van der Waals surface area (Å²) in [6.45, 7) is 11.9. The summed E-state index contributed by atoms with van der Waals surface area (Å²) >= 11 is 0. The summed E-state index contributed by atoms with van der Waals surface area (Å²) < 4.78 is 6.08. The molecule has 1 aromatic rings. The summed E-state index contributed by atoms with van der Waals surface area (Å²) in [5, 5.41) is 9.58. The van der Waals surface area contributed by atoms with Crippen molar-refractivity contribution in [2.75, 3.05) is 33.2 Å². The average Bonchev–Trinajstić information content (AvgIpc) is 2.67. The Morgan fingerprint density at radius 1 is 1.23 bits per heavy atom. The van der Waals surface area contributed by atoms with Gasteiger partial charge >= 0.3 is 0 Å². The largest absolute Gasteiger partial charge is 0.488 e. The number of ether oxygens (including phenoxy) is 1. The van der Waals surface area contributed by atoms with E-state index in [1.54, 1.807) is 7.05 Å². The van der Waals surface area contributed by atoms with Crippen molar-refractivity contribution >= 4 is 35.8 Å². The summed E-state index contributed by atoms with van der Waals surface area (Å²) in [6, 6.07) is 8.42. The molecule has 1 aromatic carbocycles. The molecule has 0 saturated carbocycles. The standard InChI is InChI=1S/C22H37N5O2.HI/c1-6-24-21(26-18-11-13-27(14-12-18)16-20(28)23-5)25-15-17-9-7-8-10-19(17)29-22(2,3)4;/h7-10,18H,6,11-16H2,1-5H3,(H,23,28)(H2,24,25,26);1H. The van der Waals surface area contributed by atoms with Crippen LogP contribution in [0.2, 0.25) is 0 Å². The van der Waals surface area contributed by atoms with Crippen LogP contribution in [0.5, 0.6) is 5.75 Å². The van der Waals surface area contributed by atoms with Crippen molar-refractivity contribution < 1.29 is 9.53 Å². The van der Waals surface area contributed by atoms with Crippen molar-refractivity contribution in [3.8, 4) is 5.75 Å². The number of nitrogens with zero attached hydrogens (tertiary/aromatic N) is 2. The van der Waals surface area contributed by atoms with E-state index in [-0.39, 0.29) is 35.5 Å². The fourth-order valence-corrected chi connectivity index (χ4v) is 3.26. The summed E-state index contributed by atoms with van der Waals surface area (Å²) in [6.07, 6.45) is 1.98. The lowest BCUT2D eigenvalue weighted by Gasteiger charge is -2.32. The topological polar surface area (TPSA) is 78.0 Å². The molecule has 0 unspecified atom stereocenters. The van der Waals surface area contributed by atoms with Gasteiger partial charge in [-0.2, -0.15) is 0 Å². The molecule has 1 saturated heterocycles. The molecular formula is C22H38IN5O2. The maximum absolute atomic E-state index is 11.6. The second-order valence-electron chi connectivity index (χ2n) is 8.39. The Kier molecular flexibility index (Phi) is 11.5. The van der Waals surface area contributed by atoms with E-state index in [1.807, 2.05) is 18.2 Å². The van der Waals surface area contributed by atoms with Crippen LogP contribution in [0.1, 0.15) is 46.1 Å². The van der Waals surface area contributed by atoms with E-state index >= 15 is 0 Å². The number of piperidine rings is 1. The predicted molar refractivity (Wildman–Crippen MR) is 134 cm³/mol. The van der Waals surface area contributed by atoms with Crippen molar-refractivity contribution in [1.29, 1.82) is 0 Å². The number of halogens is 1. The second-order valence-corrected chi connectivity index (χ2v) is 8.39. The third-order valence-electron chi connectivity index (χ3n) is 4.71. The molecule has 1 amide bonds. The first-order valence-electron chi connectivity index (χ1n) is 10.6. The zero-order valence-corrected chi connectivity index (χ0v) is 21.3. The quantitative estimate of drug-likeness (QED) is 0.287. The van der Waals surface area contributed by atoms with Crippen LogP contribution >= 0.6 is 24.0 Å². The van der Waals surface area contributed by atoms with Crippen molar-refractivity contribution in [3.05, 3.63) is 29.8 Å². The number of carbonyl (C=O) groups excluding carboxylic acids is 1. The third-order valence-corrected chi connectivity index (χ3v) is 4.71. The zero-order chi connectivity index (χ0) is 21.3. The van der Waals surface area contributed by atoms with Crippen LogP contribution < -0.4 is 20.7 Å². The molecule has 0 bridgehead atoms. The zero-order valence-electron chi connectivity index (χ0n) is 19.0. The van der Waals surface area contributed by atoms with E-state index in [2.05, 4.69) is 54.6 Å². The second kappa shape index (κ2) is 13.0. The Balaban J connectivity index is 0.00000450. The van der Waals surface area contributed by atoms with Gasteiger partial charge in [-0.05, 0) is 46.6 Å². The fourth-order valence-electron chi connectivity index (χ4n) is 3.26. The molecule has 1 aliphatic rings. The van der Waals surface area contributed by atoms with Gasteiger partial charge in [0.15, 0.2) is 5.96 Å². The van der Waals surface area contributed by atoms with Crippen molar-refractivity contribution in [2.45, 2.75) is 58.7 Å². The SMILES string of the molecule is CCNC(=NCc1ccccc1OC(C)(C)C)NC1CCN(CC(=O)NC)CC1.I. The number of likely N-dealkylation sites (N-methyl/N-ethyl adjacent to an activating group) is 1. The normalized spacial score (nSPS) is 15.8. The molecule has 2 rings (SSSR count). The first kappa shape index (κ1) is 26.5. The summed E-state index contributed by atoms with van der Waals surface area (Å²) in [5.41, 5.74) is 0.825. The molecule has 0 aromatic heterocycles. The molecule has 170 valence electrons. The minimum absolute atomic E-state index is 0. The Hall–Kier alpha value is -1.55. The number of guanidine groups is 1. The molecule has 30 heavy (non-hydrogen) atoms. The number of para-hydroxylation sites is 1. The summed E-state index contributed by atoms with van der Waals surface area (Å²) in [5.74, 6) is 1.77. The van der Waals surface area contributed by atoms with Crippen molar-refractivity contribution in [2.24, 2.45) is 4.99 Å². The van der Waals surface area contributed by atoms with Crippen LogP contribution in [0, 0.1) is 0 Å². The highest BCUT2D eigenvalue weighted by Crippen LogP contribution is 2.23. The number of rotatable bonds is 7. The lowest BCUT2D eigenvalue weighted by Crippen LogP contribution is -2.50. The Bertz CT molecular complexity index is 682. The third kappa shape index (κ3) is 9.51. The highest BCUT2D eigenvalue weighted by Gasteiger charge is 2.21. The van der Waals surface area contributed by atoms with Crippen LogP contribution in [0.3, 0.4) is 0 Å². The molecular weight excluding hydrogens is 493 g/mol. The lowest BCUT2D eigenvalue weighted by molar-refractivity contribution is -0.122. The van der Waals surface area contributed by atoms with Crippen molar-refractivity contribution in [3.63, 3.8) is 0 Å². The Morgan fingerprint density at radius 2 is 1.90 bits per heavy atom. The number of aliphatic imine (C=N–C) groups is 1. The summed E-state index contributed by atoms with van der Waals surface area (Å²) in [7, 11) is 1.68. The first-order valence-corrected chi connectivity index (χ1v) is 10.6. The van der Waals surface area contributed by atoms with E-state index in [4.69, 9.17) is 9.73 Å². The number of amides is 1. The molecule has 0 atom stereocenters. The van der Waals surface area contributed by atoms with Gasteiger partial charge in [0.1, 0.15) is 11.4 Å². The van der Waals surface area contributed by atoms with E-state index in [0.29, 0.717) is 19.1 Å². The maximum atomic E-state index is 11.6. The number of hydrogen-bond donors (Lipinski definition) is 3. The van der Waals surface area contributed by atoms with Gasteiger partial charge in [-0.3, -0.25) is 9.69 Å². The number of carbonyl (C=O) groups is 1. The van der Waals surface area contributed by atoms with E-state index in [0.717, 1.165) is 49.7 Å². The van der Waals surface area contributed by atoms with Gasteiger partial charge in [0, 0.05) is 38.3 Å². The highest BCUT2D eigenvalue weighted by molar-refractivity contribution is 14.0. The van der Waals surface area contributed by atoms with Crippen molar-refractivity contribution in [1.82, 2.24) is 20.9 Å². The number of hydrogen-bond acceptors (Lipinski definition) is 4. The van der Waals surface area contributed by atoms with Gasteiger partial charge in [-0.25, -0.2) is 4.99 Å². The van der Waals surface area contributed by atoms with E-state index in [9.17, 15) is 4.79 Å². The molecule has 3 N–H and O–H groups in total. The lowest BCUT2D eigenvalue weighted by atomic mass is 10.1. The van der Waals surface area contributed by atoms with Gasteiger partial charge in [-0.1, -0.05) is 18.2 Å². The number of benzene rings is 1. The van der Waals surface area contributed by atoms with E-state index in [1.165, 1.54) is 0 Å². The first-order chi connectivity index (χ1) is 13.8. The van der Waals surface area contributed by atoms with Crippen LogP contribution in [0.4, 0.5) is 0 Å². The minimum atomic E-state index is -0.245. The Morgan fingerprint density at radius 3 is 2.50 bits per heavy atom. The highest BCUT2D eigenvalue weighted by atomic mass is 127. The van der Waals surface area contributed by atoms with Gasteiger partial charge < -0.3 is 20.7 Å². The van der Waals surface area contributed by atoms with Gasteiger partial charge in [0.2, 0.25) is 5.91 Å². The maximum Gasteiger partial charge on any atom is 0.233 e. The Labute approximate surface area is 198 Å². The van der Waals surface area contributed by atoms with Crippen LogP contribution in [-0.2, 0) is 11.3 Å². The van der Waals surface area contributed by atoms with E-state index < -0.39 is 0 Å². The molecule has 1 heterocycles. The summed E-state index contributed by atoms with van der Waals surface area (Å²) in [4.78, 5) is 18.5. The fraction of sp³-hybridized carbons (Fsp3) is 0.636. The molecule has 8 heteroatoms. The monoisotopic (exact) mass is 531 g/mol. The molecule has 1 aliphatic heterocycles. The number of likely N-dealkylation sites (tertiary alicyclic amines) is 1. The molecule has 0 radical (unpaired) electrons. The number of nitrogens with one attached hydrogen (secondary N) is 3. The van der Waals surface area contributed by atoms with Gasteiger partial charge in [-0.15, -0.1) is 24.0 Å². The predicted octanol–water partition coefficient (Wildman–Crippen LogP) is 2.75.